The first-order valence-electron chi connectivity index (χ1n) is 10.2. The molecular weight excluding hydrogens is 404 g/mol. The minimum Gasteiger partial charge on any atom is -0.273 e. The summed E-state index contributed by atoms with van der Waals surface area (Å²) in [6.45, 7) is 0.429. The third-order valence-electron chi connectivity index (χ3n) is 4.82. The van der Waals surface area contributed by atoms with Crippen molar-refractivity contribution in [1.29, 1.82) is 0 Å². The molecule has 4 rings (SSSR count). The number of aryl methyl sites for hydroxylation is 1. The van der Waals surface area contributed by atoms with Crippen LogP contribution in [0.15, 0.2) is 84.9 Å². The minimum absolute atomic E-state index is 0.245. The fourth-order valence-corrected chi connectivity index (χ4v) is 3.10. The number of benzene rings is 3. The van der Waals surface area contributed by atoms with Gasteiger partial charge >= 0.3 is 0 Å². The molecule has 0 saturated carbocycles. The number of hydrogen-bond acceptors (Lipinski definition) is 5. The average Bonchev–Trinajstić information content (AvgIpc) is 3.31. The number of nitrogens with zero attached hydrogens (tertiary/aromatic N) is 4. The summed E-state index contributed by atoms with van der Waals surface area (Å²) >= 11 is 0. The molecule has 0 saturated heterocycles. The zero-order chi connectivity index (χ0) is 22.2. The maximum absolute atomic E-state index is 12.3. The Labute approximate surface area is 185 Å². The van der Waals surface area contributed by atoms with Crippen molar-refractivity contribution in [3.8, 4) is 11.4 Å². The number of hydrazine groups is 1. The van der Waals surface area contributed by atoms with Gasteiger partial charge in [-0.25, -0.2) is 0 Å². The van der Waals surface area contributed by atoms with Crippen molar-refractivity contribution >= 4 is 11.8 Å². The molecule has 0 aliphatic carbocycles. The van der Waals surface area contributed by atoms with E-state index in [4.69, 9.17) is 0 Å². The molecule has 160 valence electrons. The van der Waals surface area contributed by atoms with E-state index in [1.54, 1.807) is 12.1 Å². The van der Waals surface area contributed by atoms with Crippen LogP contribution >= 0.6 is 0 Å². The Hall–Kier alpha value is -4.33. The van der Waals surface area contributed by atoms with Gasteiger partial charge in [-0.05, 0) is 34.9 Å². The summed E-state index contributed by atoms with van der Waals surface area (Å²) in [5, 5.41) is 12.6. The fraction of sp³-hybridized carbons (Fsp3) is 0.125. The summed E-state index contributed by atoms with van der Waals surface area (Å²) in [6.07, 6.45) is 0.901. The van der Waals surface area contributed by atoms with E-state index in [2.05, 4.69) is 26.3 Å². The van der Waals surface area contributed by atoms with E-state index in [0.29, 0.717) is 30.8 Å². The van der Waals surface area contributed by atoms with Crippen LogP contribution < -0.4 is 10.9 Å². The number of tetrazole rings is 1. The highest BCUT2D eigenvalue weighted by Crippen LogP contribution is 2.12. The summed E-state index contributed by atoms with van der Waals surface area (Å²) < 4.78 is 0. The number of aromatic nitrogens is 4. The first kappa shape index (κ1) is 20.9. The van der Waals surface area contributed by atoms with Crippen LogP contribution in [0, 0.1) is 0 Å². The quantitative estimate of drug-likeness (QED) is 0.443. The van der Waals surface area contributed by atoms with Gasteiger partial charge in [0.15, 0.2) is 0 Å². The summed E-state index contributed by atoms with van der Waals surface area (Å²) in [5.74, 6) is -0.0650. The van der Waals surface area contributed by atoms with Crippen molar-refractivity contribution in [3.63, 3.8) is 0 Å². The van der Waals surface area contributed by atoms with Gasteiger partial charge in [-0.15, -0.1) is 10.2 Å². The second kappa shape index (κ2) is 10.1. The third kappa shape index (κ3) is 5.63. The van der Waals surface area contributed by atoms with E-state index >= 15 is 0 Å². The first-order chi connectivity index (χ1) is 15.7. The van der Waals surface area contributed by atoms with Crippen LogP contribution in [0.5, 0.6) is 0 Å². The molecule has 0 radical (unpaired) electrons. The Morgan fingerprint density at radius 2 is 1.47 bits per heavy atom. The summed E-state index contributed by atoms with van der Waals surface area (Å²) in [5.41, 5.74) is 8.23. The molecule has 0 aliphatic rings. The Morgan fingerprint density at radius 1 is 0.781 bits per heavy atom. The smallest absolute Gasteiger partial charge is 0.269 e. The van der Waals surface area contributed by atoms with Crippen LogP contribution in [0.2, 0.25) is 0 Å². The van der Waals surface area contributed by atoms with Crippen molar-refractivity contribution < 1.29 is 9.59 Å². The van der Waals surface area contributed by atoms with Crippen LogP contribution in [0.3, 0.4) is 0 Å². The van der Waals surface area contributed by atoms with E-state index in [-0.39, 0.29) is 11.8 Å². The van der Waals surface area contributed by atoms with Crippen LogP contribution in [0.1, 0.15) is 27.9 Å². The molecule has 1 heterocycles. The number of nitrogens with one attached hydrogen (secondary N) is 2. The van der Waals surface area contributed by atoms with Gasteiger partial charge in [0.25, 0.3) is 5.91 Å². The number of carbonyl (C=O) groups is 2. The molecular formula is C24H22N6O2. The molecule has 8 nitrogen and oxygen atoms in total. The Bertz CT molecular complexity index is 1170. The lowest BCUT2D eigenvalue weighted by Gasteiger charge is -2.08. The predicted octanol–water partition coefficient (Wildman–Crippen LogP) is 2.78. The molecule has 0 atom stereocenters. The van der Waals surface area contributed by atoms with Crippen molar-refractivity contribution in [2.45, 2.75) is 19.4 Å². The number of carbonyl (C=O) groups excluding carboxylic acids is 2. The molecule has 3 aromatic carbocycles. The van der Waals surface area contributed by atoms with Gasteiger partial charge in [0, 0.05) is 17.5 Å². The molecule has 0 bridgehead atoms. The van der Waals surface area contributed by atoms with E-state index in [9.17, 15) is 9.59 Å². The minimum atomic E-state index is -0.380. The van der Waals surface area contributed by atoms with Gasteiger partial charge in [0.2, 0.25) is 11.7 Å². The van der Waals surface area contributed by atoms with Gasteiger partial charge in [0.05, 0.1) is 6.54 Å². The lowest BCUT2D eigenvalue weighted by Crippen LogP contribution is -2.41. The first-order valence-corrected chi connectivity index (χ1v) is 10.2. The van der Waals surface area contributed by atoms with E-state index in [1.807, 2.05) is 72.8 Å². The molecule has 8 heteroatoms. The van der Waals surface area contributed by atoms with Crippen LogP contribution in [0.25, 0.3) is 11.4 Å². The SMILES string of the molecule is O=C(CCc1ccccc1)NNC(=O)c1ccc(Cn2nnc(-c3ccccc3)n2)cc1. The Balaban J connectivity index is 1.26. The highest BCUT2D eigenvalue weighted by Gasteiger charge is 2.09. The van der Waals surface area contributed by atoms with Crippen molar-refractivity contribution in [2.75, 3.05) is 0 Å². The zero-order valence-electron chi connectivity index (χ0n) is 17.3. The Kier molecular flexibility index (Phi) is 6.62. The molecule has 0 spiro atoms. The summed E-state index contributed by atoms with van der Waals surface area (Å²) in [4.78, 5) is 25.8. The molecule has 2 N–H and O–H groups in total. The molecule has 1 aromatic heterocycles. The van der Waals surface area contributed by atoms with Gasteiger partial charge in [0.1, 0.15) is 0 Å². The lowest BCUT2D eigenvalue weighted by molar-refractivity contribution is -0.121. The lowest BCUT2D eigenvalue weighted by atomic mass is 10.1. The fourth-order valence-electron chi connectivity index (χ4n) is 3.10. The van der Waals surface area contributed by atoms with Crippen LogP contribution in [-0.4, -0.2) is 32.0 Å². The number of rotatable bonds is 7. The highest BCUT2D eigenvalue weighted by atomic mass is 16.2. The monoisotopic (exact) mass is 426 g/mol. The predicted molar refractivity (Wildman–Crippen MR) is 119 cm³/mol. The molecule has 2 amide bonds. The largest absolute Gasteiger partial charge is 0.273 e. The zero-order valence-corrected chi connectivity index (χ0v) is 17.3. The Morgan fingerprint density at radius 3 is 2.19 bits per heavy atom. The summed E-state index contributed by atoms with van der Waals surface area (Å²) in [6, 6.07) is 26.4. The van der Waals surface area contributed by atoms with E-state index in [1.165, 1.54) is 4.80 Å². The van der Waals surface area contributed by atoms with E-state index < -0.39 is 0 Å². The maximum Gasteiger partial charge on any atom is 0.269 e. The highest BCUT2D eigenvalue weighted by molar-refractivity contribution is 5.95. The van der Waals surface area contributed by atoms with Gasteiger partial charge in [-0.2, -0.15) is 4.80 Å². The van der Waals surface area contributed by atoms with Crippen molar-refractivity contribution in [3.05, 3.63) is 102 Å². The second-order valence-corrected chi connectivity index (χ2v) is 7.19. The maximum atomic E-state index is 12.3. The number of amides is 2. The average molecular weight is 426 g/mol. The number of hydrogen-bond donors (Lipinski definition) is 2. The molecule has 32 heavy (non-hydrogen) atoms. The van der Waals surface area contributed by atoms with Crippen LogP contribution in [0.4, 0.5) is 0 Å². The standard InChI is InChI=1S/C24H22N6O2/c31-22(16-13-18-7-3-1-4-8-18)25-27-24(32)21-14-11-19(12-15-21)17-30-28-23(26-29-30)20-9-5-2-6-10-20/h1-12,14-15H,13,16-17H2,(H,25,31)(H,27,32). The topological polar surface area (TPSA) is 102 Å². The van der Waals surface area contributed by atoms with E-state index in [0.717, 1.165) is 16.7 Å². The molecule has 0 aliphatic heterocycles. The van der Waals surface area contributed by atoms with Gasteiger partial charge in [-0.1, -0.05) is 72.8 Å². The second-order valence-electron chi connectivity index (χ2n) is 7.19. The third-order valence-corrected chi connectivity index (χ3v) is 4.82. The van der Waals surface area contributed by atoms with Crippen molar-refractivity contribution in [2.24, 2.45) is 0 Å². The van der Waals surface area contributed by atoms with Crippen LogP contribution in [-0.2, 0) is 17.8 Å². The molecule has 4 aromatic rings. The summed E-state index contributed by atoms with van der Waals surface area (Å²) in [7, 11) is 0. The van der Waals surface area contributed by atoms with Crippen molar-refractivity contribution in [1.82, 2.24) is 31.1 Å². The normalized spacial score (nSPS) is 10.5. The van der Waals surface area contributed by atoms with Gasteiger partial charge < -0.3 is 0 Å². The molecule has 0 fully saturated rings. The van der Waals surface area contributed by atoms with Gasteiger partial charge in [-0.3, -0.25) is 20.4 Å². The molecule has 0 unspecified atom stereocenters.